The second-order valence-corrected chi connectivity index (χ2v) is 4.35. The Balaban J connectivity index is 1.81. The molecule has 0 fully saturated rings. The first-order valence-corrected chi connectivity index (χ1v) is 6.26. The van der Waals surface area contributed by atoms with Crippen molar-refractivity contribution in [2.24, 2.45) is 4.99 Å². The van der Waals surface area contributed by atoms with Gasteiger partial charge in [0.1, 0.15) is 0 Å². The molecule has 3 N–H and O–H groups in total. The molecule has 1 heterocycles. The zero-order valence-electron chi connectivity index (χ0n) is 11.3. The molecule has 0 radical (unpaired) electrons. The Morgan fingerprint density at radius 3 is 2.53 bits per heavy atom. The van der Waals surface area contributed by atoms with Crippen molar-refractivity contribution < 1.29 is 0 Å². The summed E-state index contributed by atoms with van der Waals surface area (Å²) in [7, 11) is 1.76. The number of hydrogen-bond donors (Lipinski definition) is 3. The van der Waals surface area contributed by atoms with Gasteiger partial charge in [0.15, 0.2) is 5.96 Å². The van der Waals surface area contributed by atoms with Crippen molar-refractivity contribution in [2.75, 3.05) is 7.05 Å². The van der Waals surface area contributed by atoms with Crippen molar-refractivity contribution in [1.29, 1.82) is 0 Å². The van der Waals surface area contributed by atoms with Crippen LogP contribution in [-0.4, -0.2) is 23.2 Å². The minimum absolute atomic E-state index is 0.674. The van der Waals surface area contributed by atoms with E-state index in [1.165, 1.54) is 11.1 Å². The predicted molar refractivity (Wildman–Crippen MR) is 76.8 cm³/mol. The number of hydrogen-bond acceptors (Lipinski definition) is 2. The Morgan fingerprint density at radius 2 is 1.89 bits per heavy atom. The molecule has 0 aliphatic heterocycles. The molecule has 0 amide bonds. The average Bonchev–Trinajstić information content (AvgIpc) is 2.94. The maximum absolute atomic E-state index is 4.18. The van der Waals surface area contributed by atoms with E-state index in [1.807, 2.05) is 6.07 Å². The molecule has 19 heavy (non-hydrogen) atoms. The van der Waals surface area contributed by atoms with E-state index in [0.717, 1.165) is 18.2 Å². The van der Waals surface area contributed by atoms with Gasteiger partial charge in [-0.05, 0) is 18.6 Å². The highest BCUT2D eigenvalue weighted by atomic mass is 15.2. The van der Waals surface area contributed by atoms with Gasteiger partial charge in [0, 0.05) is 19.8 Å². The Hall–Kier alpha value is -2.30. The molecule has 0 saturated carbocycles. The van der Waals surface area contributed by atoms with Crippen molar-refractivity contribution in [3.63, 3.8) is 0 Å². The van der Waals surface area contributed by atoms with E-state index in [0.29, 0.717) is 6.54 Å². The first-order chi connectivity index (χ1) is 9.28. The fourth-order valence-electron chi connectivity index (χ4n) is 1.67. The van der Waals surface area contributed by atoms with Crippen LogP contribution in [0.1, 0.15) is 16.8 Å². The van der Waals surface area contributed by atoms with Gasteiger partial charge in [-0.3, -0.25) is 10.1 Å². The minimum atomic E-state index is 0.674. The number of rotatable bonds is 4. The van der Waals surface area contributed by atoms with E-state index >= 15 is 0 Å². The lowest BCUT2D eigenvalue weighted by Crippen LogP contribution is -2.36. The van der Waals surface area contributed by atoms with Crippen molar-refractivity contribution in [3.05, 3.63) is 53.3 Å². The van der Waals surface area contributed by atoms with Crippen LogP contribution in [0, 0.1) is 6.92 Å². The van der Waals surface area contributed by atoms with Crippen molar-refractivity contribution in [2.45, 2.75) is 20.0 Å². The molecule has 5 heteroatoms. The van der Waals surface area contributed by atoms with Crippen molar-refractivity contribution >= 4 is 5.96 Å². The Labute approximate surface area is 113 Å². The van der Waals surface area contributed by atoms with Gasteiger partial charge in [0.2, 0.25) is 0 Å². The van der Waals surface area contributed by atoms with Crippen LogP contribution < -0.4 is 10.6 Å². The number of aromatic nitrogens is 2. The molecular formula is C14H19N5. The lowest BCUT2D eigenvalue weighted by atomic mass is 10.1. The molecular weight excluding hydrogens is 238 g/mol. The molecule has 1 aromatic heterocycles. The van der Waals surface area contributed by atoms with Gasteiger partial charge < -0.3 is 10.6 Å². The van der Waals surface area contributed by atoms with Gasteiger partial charge in [0.05, 0.1) is 12.2 Å². The third-order valence-corrected chi connectivity index (χ3v) is 2.81. The third-order valence-electron chi connectivity index (χ3n) is 2.81. The SMILES string of the molecule is CN=C(NCc1ccc(C)cc1)NCc1ccn[nH]1. The summed E-state index contributed by atoms with van der Waals surface area (Å²) in [5, 5.41) is 13.3. The fraction of sp³-hybridized carbons (Fsp3) is 0.286. The van der Waals surface area contributed by atoms with E-state index in [-0.39, 0.29) is 0 Å². The number of guanidine groups is 1. The van der Waals surface area contributed by atoms with Crippen LogP contribution in [0.4, 0.5) is 0 Å². The summed E-state index contributed by atoms with van der Waals surface area (Å²) in [5.41, 5.74) is 3.53. The summed E-state index contributed by atoms with van der Waals surface area (Å²) in [6.07, 6.45) is 1.74. The van der Waals surface area contributed by atoms with Gasteiger partial charge in [-0.15, -0.1) is 0 Å². The maximum Gasteiger partial charge on any atom is 0.191 e. The molecule has 0 aliphatic carbocycles. The molecule has 1 aromatic carbocycles. The predicted octanol–water partition coefficient (Wildman–Crippen LogP) is 1.58. The van der Waals surface area contributed by atoms with Gasteiger partial charge in [-0.2, -0.15) is 5.10 Å². The molecule has 5 nitrogen and oxygen atoms in total. The molecule has 0 bridgehead atoms. The summed E-state index contributed by atoms with van der Waals surface area (Å²) < 4.78 is 0. The van der Waals surface area contributed by atoms with E-state index in [9.17, 15) is 0 Å². The Kier molecular flexibility index (Phi) is 4.55. The van der Waals surface area contributed by atoms with Crippen LogP contribution in [0.5, 0.6) is 0 Å². The molecule has 0 spiro atoms. The van der Waals surface area contributed by atoms with Gasteiger partial charge >= 0.3 is 0 Å². The summed E-state index contributed by atoms with van der Waals surface area (Å²) in [6, 6.07) is 10.4. The third kappa shape index (κ3) is 4.13. The van der Waals surface area contributed by atoms with E-state index < -0.39 is 0 Å². The normalized spacial score (nSPS) is 11.4. The molecule has 0 saturated heterocycles. The topological polar surface area (TPSA) is 65.1 Å². The van der Waals surface area contributed by atoms with Gasteiger partial charge in [0.25, 0.3) is 0 Å². The standard InChI is InChI=1S/C14H19N5/c1-11-3-5-12(6-4-11)9-16-14(15-2)17-10-13-7-8-18-19-13/h3-8H,9-10H2,1-2H3,(H,18,19)(H2,15,16,17). The molecule has 100 valence electrons. The Bertz CT molecular complexity index is 513. The van der Waals surface area contributed by atoms with Crippen LogP contribution in [0.15, 0.2) is 41.5 Å². The van der Waals surface area contributed by atoms with Crippen molar-refractivity contribution in [1.82, 2.24) is 20.8 Å². The van der Waals surface area contributed by atoms with E-state index in [1.54, 1.807) is 13.2 Å². The Morgan fingerprint density at radius 1 is 1.16 bits per heavy atom. The second-order valence-electron chi connectivity index (χ2n) is 4.35. The quantitative estimate of drug-likeness (QED) is 0.575. The largest absolute Gasteiger partial charge is 0.352 e. The van der Waals surface area contributed by atoms with Gasteiger partial charge in [-0.25, -0.2) is 0 Å². The van der Waals surface area contributed by atoms with Crippen LogP contribution in [0.2, 0.25) is 0 Å². The monoisotopic (exact) mass is 257 g/mol. The molecule has 2 rings (SSSR count). The zero-order valence-corrected chi connectivity index (χ0v) is 11.3. The molecule has 2 aromatic rings. The summed E-state index contributed by atoms with van der Waals surface area (Å²) >= 11 is 0. The fourth-order valence-corrected chi connectivity index (χ4v) is 1.67. The highest BCUT2D eigenvalue weighted by Gasteiger charge is 1.99. The average molecular weight is 257 g/mol. The first-order valence-electron chi connectivity index (χ1n) is 6.26. The number of aryl methyl sites for hydroxylation is 1. The molecule has 0 unspecified atom stereocenters. The summed E-state index contributed by atoms with van der Waals surface area (Å²) in [5.74, 6) is 0.773. The van der Waals surface area contributed by atoms with Crippen molar-refractivity contribution in [3.8, 4) is 0 Å². The number of H-pyrrole nitrogens is 1. The smallest absolute Gasteiger partial charge is 0.191 e. The highest BCUT2D eigenvalue weighted by Crippen LogP contribution is 2.02. The first kappa shape index (κ1) is 13.1. The summed E-state index contributed by atoms with van der Waals surface area (Å²) in [4.78, 5) is 4.18. The lowest BCUT2D eigenvalue weighted by Gasteiger charge is -2.11. The van der Waals surface area contributed by atoms with Crippen LogP contribution in [-0.2, 0) is 13.1 Å². The number of nitrogens with one attached hydrogen (secondary N) is 3. The molecule has 0 atom stereocenters. The van der Waals surface area contributed by atoms with Crippen LogP contribution in [0.25, 0.3) is 0 Å². The number of aromatic amines is 1. The van der Waals surface area contributed by atoms with Gasteiger partial charge in [-0.1, -0.05) is 29.8 Å². The summed E-state index contributed by atoms with van der Waals surface area (Å²) in [6.45, 7) is 3.51. The maximum atomic E-state index is 4.18. The zero-order chi connectivity index (χ0) is 13.5. The number of nitrogens with zero attached hydrogens (tertiary/aromatic N) is 2. The highest BCUT2D eigenvalue weighted by molar-refractivity contribution is 5.79. The van der Waals surface area contributed by atoms with E-state index in [4.69, 9.17) is 0 Å². The second kappa shape index (κ2) is 6.58. The van der Waals surface area contributed by atoms with Crippen LogP contribution >= 0.6 is 0 Å². The number of aliphatic imine (C=N–C) groups is 1. The van der Waals surface area contributed by atoms with Crippen LogP contribution in [0.3, 0.4) is 0 Å². The minimum Gasteiger partial charge on any atom is -0.352 e. The molecule has 0 aliphatic rings. The lowest BCUT2D eigenvalue weighted by molar-refractivity contribution is 0.789. The van der Waals surface area contributed by atoms with E-state index in [2.05, 4.69) is 57.0 Å². The number of benzene rings is 1.